The number of aliphatic hydroxyl groups is 1. The summed E-state index contributed by atoms with van der Waals surface area (Å²) in [5.41, 5.74) is 4.43. The molecule has 1 aromatic heterocycles. The van der Waals surface area contributed by atoms with Crippen molar-refractivity contribution in [3.05, 3.63) is 60.7 Å². The van der Waals surface area contributed by atoms with Crippen molar-refractivity contribution in [2.45, 2.75) is 43.7 Å². The number of benzene rings is 2. The third-order valence-electron chi connectivity index (χ3n) is 5.04. The van der Waals surface area contributed by atoms with Crippen LogP contribution in [0.1, 0.15) is 38.5 Å². The highest BCUT2D eigenvalue weighted by atomic mass is 32.2. The highest BCUT2D eigenvalue weighted by Gasteiger charge is 2.14. The molecule has 1 heterocycles. The number of aliphatic hydroxyl groups excluding tert-OH is 1. The maximum Gasteiger partial charge on any atom is 0.166 e. The number of imidazole rings is 1. The number of nitrogens with zero attached hydrogens (tertiary/aromatic N) is 1. The van der Waals surface area contributed by atoms with Crippen molar-refractivity contribution in [1.29, 1.82) is 0 Å². The molecule has 0 spiro atoms. The van der Waals surface area contributed by atoms with Gasteiger partial charge in [0.05, 0.1) is 11.4 Å². The molecule has 4 nitrogen and oxygen atoms in total. The number of unbranched alkanes of at least 4 members (excludes halogenated alkanes) is 4. The standard InChI is InChI=1S/C25H33N3OS/c29-19-11-3-9-17-26-18-10-4-12-20-30-25-27-23(21-13-5-1-6-14-21)24(28-25)22-15-7-2-8-16-22/h1-2,5-8,13-16,26,29H,3-4,9-12,17-20H2,(H,27,28). The van der Waals surface area contributed by atoms with Crippen LogP contribution in [0.15, 0.2) is 65.8 Å². The number of hydrogen-bond donors (Lipinski definition) is 3. The molecule has 5 heteroatoms. The van der Waals surface area contributed by atoms with Crippen molar-refractivity contribution in [2.24, 2.45) is 0 Å². The summed E-state index contributed by atoms with van der Waals surface area (Å²) in [6.45, 7) is 2.46. The SMILES string of the molecule is OCCCCCNCCCCCSc1nc(-c2ccccc2)c(-c2ccccc2)[nH]1. The average molecular weight is 424 g/mol. The Morgan fingerprint density at radius 2 is 1.40 bits per heavy atom. The molecule has 0 fully saturated rings. The zero-order valence-corrected chi connectivity index (χ0v) is 18.5. The molecule has 0 unspecified atom stereocenters. The second-order valence-corrected chi connectivity index (χ2v) is 8.52. The van der Waals surface area contributed by atoms with Gasteiger partial charge in [0.1, 0.15) is 0 Å². The second kappa shape index (κ2) is 13.3. The van der Waals surface area contributed by atoms with Crippen LogP contribution in [0.25, 0.3) is 22.5 Å². The van der Waals surface area contributed by atoms with Gasteiger partial charge in [-0.2, -0.15) is 0 Å². The van der Waals surface area contributed by atoms with E-state index in [0.717, 1.165) is 60.2 Å². The largest absolute Gasteiger partial charge is 0.396 e. The Hall–Kier alpha value is -2.08. The Balaban J connectivity index is 1.46. The van der Waals surface area contributed by atoms with Crippen LogP contribution in [-0.4, -0.2) is 40.5 Å². The quantitative estimate of drug-likeness (QED) is 0.228. The molecule has 160 valence electrons. The summed E-state index contributed by atoms with van der Waals surface area (Å²) in [5, 5.41) is 13.3. The summed E-state index contributed by atoms with van der Waals surface area (Å²) in [4.78, 5) is 8.47. The predicted octanol–water partition coefficient (Wildman–Crippen LogP) is 5.76. The molecule has 0 amide bonds. The molecule has 3 aromatic rings. The fraction of sp³-hybridized carbons (Fsp3) is 0.400. The van der Waals surface area contributed by atoms with Crippen LogP contribution in [-0.2, 0) is 0 Å². The third kappa shape index (κ3) is 7.31. The van der Waals surface area contributed by atoms with Crippen LogP contribution >= 0.6 is 11.8 Å². The molecular formula is C25H33N3OS. The molecule has 0 aliphatic heterocycles. The van der Waals surface area contributed by atoms with E-state index in [0.29, 0.717) is 6.61 Å². The van der Waals surface area contributed by atoms with E-state index < -0.39 is 0 Å². The minimum Gasteiger partial charge on any atom is -0.396 e. The third-order valence-corrected chi connectivity index (χ3v) is 6.00. The first-order valence-electron chi connectivity index (χ1n) is 11.0. The lowest BCUT2D eigenvalue weighted by molar-refractivity contribution is 0.283. The molecule has 0 radical (unpaired) electrons. The van der Waals surface area contributed by atoms with Crippen molar-refractivity contribution in [2.75, 3.05) is 25.4 Å². The van der Waals surface area contributed by atoms with Gasteiger partial charge in [-0.3, -0.25) is 0 Å². The van der Waals surface area contributed by atoms with Gasteiger partial charge in [-0.15, -0.1) is 0 Å². The van der Waals surface area contributed by atoms with E-state index in [2.05, 4.69) is 58.8 Å². The molecule has 0 saturated carbocycles. The van der Waals surface area contributed by atoms with Gasteiger partial charge in [0.25, 0.3) is 0 Å². The van der Waals surface area contributed by atoms with Gasteiger partial charge in [-0.1, -0.05) is 78.8 Å². The molecule has 0 bridgehead atoms. The summed E-state index contributed by atoms with van der Waals surface area (Å²) < 4.78 is 0. The predicted molar refractivity (Wildman–Crippen MR) is 128 cm³/mol. The van der Waals surface area contributed by atoms with Crippen LogP contribution in [0.2, 0.25) is 0 Å². The van der Waals surface area contributed by atoms with Crippen molar-refractivity contribution in [3.63, 3.8) is 0 Å². The second-order valence-electron chi connectivity index (χ2n) is 7.44. The van der Waals surface area contributed by atoms with E-state index in [1.54, 1.807) is 0 Å². The van der Waals surface area contributed by atoms with Crippen LogP contribution in [0.3, 0.4) is 0 Å². The normalized spacial score (nSPS) is 11.1. The summed E-state index contributed by atoms with van der Waals surface area (Å²) in [7, 11) is 0. The molecule has 0 aliphatic rings. The van der Waals surface area contributed by atoms with E-state index in [1.165, 1.54) is 24.8 Å². The van der Waals surface area contributed by atoms with Crippen LogP contribution in [0.5, 0.6) is 0 Å². The summed E-state index contributed by atoms with van der Waals surface area (Å²) in [5.74, 6) is 1.08. The number of aromatic amines is 1. The fourth-order valence-electron chi connectivity index (χ4n) is 3.40. The van der Waals surface area contributed by atoms with Gasteiger partial charge in [0.15, 0.2) is 5.16 Å². The lowest BCUT2D eigenvalue weighted by atomic mass is 10.1. The van der Waals surface area contributed by atoms with E-state index >= 15 is 0 Å². The molecule has 3 rings (SSSR count). The maximum atomic E-state index is 8.78. The number of H-pyrrole nitrogens is 1. The summed E-state index contributed by atoms with van der Waals surface area (Å²) in [6.07, 6.45) is 6.82. The van der Waals surface area contributed by atoms with E-state index in [9.17, 15) is 0 Å². The minimum absolute atomic E-state index is 0.313. The molecular weight excluding hydrogens is 390 g/mol. The van der Waals surface area contributed by atoms with Crippen molar-refractivity contribution >= 4 is 11.8 Å². The van der Waals surface area contributed by atoms with Gasteiger partial charge in [0, 0.05) is 23.5 Å². The molecule has 0 saturated heterocycles. The average Bonchev–Trinajstić information content (AvgIpc) is 3.23. The number of thioether (sulfide) groups is 1. The smallest absolute Gasteiger partial charge is 0.166 e. The molecule has 2 aromatic carbocycles. The molecule has 0 atom stereocenters. The topological polar surface area (TPSA) is 60.9 Å². The molecule has 30 heavy (non-hydrogen) atoms. The van der Waals surface area contributed by atoms with Crippen molar-refractivity contribution in [1.82, 2.24) is 15.3 Å². The maximum absolute atomic E-state index is 8.78. The van der Waals surface area contributed by atoms with Crippen LogP contribution < -0.4 is 5.32 Å². The summed E-state index contributed by atoms with van der Waals surface area (Å²) >= 11 is 1.81. The number of hydrogen-bond acceptors (Lipinski definition) is 4. The molecule has 0 aliphatic carbocycles. The highest BCUT2D eigenvalue weighted by Crippen LogP contribution is 2.32. The van der Waals surface area contributed by atoms with E-state index in [1.807, 2.05) is 23.9 Å². The van der Waals surface area contributed by atoms with Crippen molar-refractivity contribution in [3.8, 4) is 22.5 Å². The zero-order chi connectivity index (χ0) is 20.9. The first kappa shape index (κ1) is 22.6. The first-order chi connectivity index (χ1) is 14.9. The van der Waals surface area contributed by atoms with Crippen LogP contribution in [0, 0.1) is 0 Å². The van der Waals surface area contributed by atoms with Crippen molar-refractivity contribution < 1.29 is 5.11 Å². The number of nitrogens with one attached hydrogen (secondary N) is 2. The Morgan fingerprint density at radius 1 is 0.767 bits per heavy atom. The van der Waals surface area contributed by atoms with Crippen LogP contribution in [0.4, 0.5) is 0 Å². The first-order valence-corrected chi connectivity index (χ1v) is 12.0. The Bertz CT molecular complexity index is 779. The molecule has 3 N–H and O–H groups in total. The number of rotatable bonds is 14. The van der Waals surface area contributed by atoms with E-state index in [4.69, 9.17) is 10.1 Å². The highest BCUT2D eigenvalue weighted by molar-refractivity contribution is 7.99. The fourth-order valence-corrected chi connectivity index (χ4v) is 4.27. The van der Waals surface area contributed by atoms with Gasteiger partial charge < -0.3 is 15.4 Å². The van der Waals surface area contributed by atoms with E-state index in [-0.39, 0.29) is 0 Å². The van der Waals surface area contributed by atoms with Gasteiger partial charge >= 0.3 is 0 Å². The minimum atomic E-state index is 0.313. The van der Waals surface area contributed by atoms with Gasteiger partial charge in [-0.25, -0.2) is 4.98 Å². The monoisotopic (exact) mass is 423 g/mol. The van der Waals surface area contributed by atoms with Gasteiger partial charge in [0.2, 0.25) is 0 Å². The Morgan fingerprint density at radius 3 is 2.07 bits per heavy atom. The lowest BCUT2D eigenvalue weighted by Crippen LogP contribution is -2.16. The Labute approximate surface area is 184 Å². The number of aromatic nitrogens is 2. The summed E-state index contributed by atoms with van der Waals surface area (Å²) in [6, 6.07) is 20.8. The zero-order valence-electron chi connectivity index (χ0n) is 17.6. The Kier molecular flexibility index (Phi) is 10.00. The lowest BCUT2D eigenvalue weighted by Gasteiger charge is -2.04. The van der Waals surface area contributed by atoms with Gasteiger partial charge in [-0.05, 0) is 45.2 Å².